The minimum Gasteiger partial charge on any atom is -0.479 e. The summed E-state index contributed by atoms with van der Waals surface area (Å²) < 4.78 is 37.1. The number of hydroxylamine groups is 2. The summed E-state index contributed by atoms with van der Waals surface area (Å²) in [6.45, 7) is 1.98. The Morgan fingerprint density at radius 3 is 2.12 bits per heavy atom. The van der Waals surface area contributed by atoms with Crippen molar-refractivity contribution < 1.29 is 72.7 Å². The zero-order chi connectivity index (χ0) is 38.7. The van der Waals surface area contributed by atoms with Gasteiger partial charge in [-0.3, -0.25) is 10.2 Å². The lowest BCUT2D eigenvalue weighted by atomic mass is 9.93. The molecule has 1 saturated heterocycles. The van der Waals surface area contributed by atoms with Gasteiger partial charge in [0.05, 0.1) is 26.8 Å². The number of nitrogens with zero attached hydrogens (tertiary/aromatic N) is 5. The number of carbonyl (C=O) groups excluding carboxylic acids is 4. The average Bonchev–Trinajstić information content (AvgIpc) is 3.14. The first kappa shape index (κ1) is 40.9. The molecule has 52 heavy (non-hydrogen) atoms. The first-order valence-electron chi connectivity index (χ1n) is 15.5. The van der Waals surface area contributed by atoms with Crippen molar-refractivity contribution in [2.24, 2.45) is 0 Å². The Hall–Kier alpha value is -5.57. The minimum atomic E-state index is -2.27. The number of aliphatic hydroxyl groups excluding tert-OH is 2. The van der Waals surface area contributed by atoms with Gasteiger partial charge >= 0.3 is 36.1 Å². The van der Waals surface area contributed by atoms with Crippen LogP contribution >= 0.6 is 0 Å². The quantitative estimate of drug-likeness (QED) is 0.133. The molecule has 5 amide bonds. The Balaban J connectivity index is 0.000000636. The zero-order valence-electron chi connectivity index (χ0n) is 27.9. The number of likely N-dealkylation sites (tertiary alicyclic amines) is 1. The van der Waals surface area contributed by atoms with E-state index in [1.807, 2.05) is 18.2 Å². The molecule has 0 saturated carbocycles. The molecule has 20 heteroatoms. The molecule has 1 fully saturated rings. The number of hydrogen-bond donors (Lipinski definition) is 5. The van der Waals surface area contributed by atoms with Gasteiger partial charge in [0.25, 0.3) is 0 Å². The molecule has 282 valence electrons. The van der Waals surface area contributed by atoms with E-state index in [-0.39, 0.29) is 17.0 Å². The average molecular weight is 738 g/mol. The number of urea groups is 2. The molecule has 5 N–H and O–H groups in total. The van der Waals surface area contributed by atoms with Crippen LogP contribution in [0.5, 0.6) is 0 Å². The number of carbonyl (C=O) groups is 6. The van der Waals surface area contributed by atoms with Gasteiger partial charge in [-0.1, -0.05) is 12.1 Å². The van der Waals surface area contributed by atoms with E-state index in [1.54, 1.807) is 6.20 Å². The number of rotatable bonds is 10. The van der Waals surface area contributed by atoms with E-state index in [0.29, 0.717) is 28.8 Å². The van der Waals surface area contributed by atoms with Crippen molar-refractivity contribution >= 4 is 36.1 Å². The summed E-state index contributed by atoms with van der Waals surface area (Å²) in [4.78, 5) is 78.6. The van der Waals surface area contributed by atoms with Crippen LogP contribution in [0, 0.1) is 11.6 Å². The largest absolute Gasteiger partial charge is 0.479 e. The number of piperidine rings is 1. The number of pyridine rings is 1. The summed E-state index contributed by atoms with van der Waals surface area (Å²) in [7, 11) is 1.96. The van der Waals surface area contributed by atoms with E-state index < -0.39 is 71.6 Å². The highest BCUT2D eigenvalue weighted by Crippen LogP contribution is 2.34. The van der Waals surface area contributed by atoms with Crippen molar-refractivity contribution in [3.05, 3.63) is 77.3 Å². The maximum Gasteiger partial charge on any atom is 0.422 e. The van der Waals surface area contributed by atoms with Gasteiger partial charge in [-0.25, -0.2) is 47.5 Å². The Morgan fingerprint density at radius 2 is 1.60 bits per heavy atom. The lowest BCUT2D eigenvalue weighted by Crippen LogP contribution is -2.56. The number of aliphatic hydroxyl groups is 2. The van der Waals surface area contributed by atoms with Crippen LogP contribution in [-0.4, -0.2) is 139 Å². The van der Waals surface area contributed by atoms with Crippen LogP contribution in [0.3, 0.4) is 0 Å². The van der Waals surface area contributed by atoms with Crippen LogP contribution in [0.2, 0.25) is 0 Å². The molecule has 0 aliphatic carbocycles. The number of aliphatic carboxylic acids is 2. The molecule has 1 aromatic heterocycles. The van der Waals surface area contributed by atoms with Gasteiger partial charge in [-0.05, 0) is 74.8 Å². The highest BCUT2D eigenvalue weighted by molar-refractivity contribution is 6.08. The standard InChI is InChI=1S/C28H31F2N5O7.C4H6O6/c1-41-25(36)24-17-23(19-7-8-20(29)21(30)16-19)34(27(38)35(24)28(39)42-2)26(37)33(40)13-5-12-32-14-9-18(10-15-32)22-6-3-4-11-31-22;5-1(3(7)8)2(6)4(9)10/h3-4,6-8,11,16-18,23,40H,5,9-10,12-15H2,1-2H3;1-2,5-6H,(H,7,8)(H,9,10). The minimum absolute atomic E-state index is 0.106. The van der Waals surface area contributed by atoms with Gasteiger partial charge in [-0.2, -0.15) is 4.90 Å². The van der Waals surface area contributed by atoms with Gasteiger partial charge in [-0.15, -0.1) is 0 Å². The van der Waals surface area contributed by atoms with Crippen LogP contribution in [0.4, 0.5) is 23.2 Å². The van der Waals surface area contributed by atoms with Crippen molar-refractivity contribution in [1.29, 1.82) is 0 Å². The Morgan fingerprint density at radius 1 is 0.962 bits per heavy atom. The maximum atomic E-state index is 14.1. The zero-order valence-corrected chi connectivity index (χ0v) is 27.9. The van der Waals surface area contributed by atoms with E-state index in [9.17, 15) is 42.8 Å². The molecule has 0 spiro atoms. The van der Waals surface area contributed by atoms with Crippen molar-refractivity contribution in [3.8, 4) is 0 Å². The van der Waals surface area contributed by atoms with Crippen LogP contribution < -0.4 is 0 Å². The number of carboxylic acids is 2. The Kier molecular flexibility index (Phi) is 14.6. The molecule has 0 radical (unpaired) electrons. The van der Waals surface area contributed by atoms with Crippen LogP contribution in [0.1, 0.15) is 42.5 Å². The smallest absolute Gasteiger partial charge is 0.422 e. The Labute approximate surface area is 294 Å². The van der Waals surface area contributed by atoms with Gasteiger partial charge in [0.15, 0.2) is 23.8 Å². The number of benzene rings is 1. The second-order valence-corrected chi connectivity index (χ2v) is 11.3. The fourth-order valence-electron chi connectivity index (χ4n) is 5.31. The van der Waals surface area contributed by atoms with E-state index in [1.165, 1.54) is 0 Å². The third kappa shape index (κ3) is 10.0. The fourth-order valence-corrected chi connectivity index (χ4v) is 5.31. The number of imide groups is 2. The van der Waals surface area contributed by atoms with Gasteiger partial charge in [0, 0.05) is 17.8 Å². The summed E-state index contributed by atoms with van der Waals surface area (Å²) in [5.41, 5.74) is 0.342. The first-order chi connectivity index (χ1) is 24.6. The number of amides is 5. The molecule has 3 unspecified atom stereocenters. The van der Waals surface area contributed by atoms with E-state index >= 15 is 0 Å². The third-order valence-electron chi connectivity index (χ3n) is 8.04. The predicted molar refractivity (Wildman–Crippen MR) is 169 cm³/mol. The fraction of sp³-hybridized carbons (Fsp3) is 0.406. The van der Waals surface area contributed by atoms with Crippen LogP contribution in [-0.2, 0) is 23.9 Å². The molecule has 2 aromatic rings. The second-order valence-electron chi connectivity index (χ2n) is 11.3. The molecule has 3 heterocycles. The Bertz CT molecular complexity index is 1640. The van der Waals surface area contributed by atoms with Crippen molar-refractivity contribution in [3.63, 3.8) is 0 Å². The molecule has 18 nitrogen and oxygen atoms in total. The highest BCUT2D eigenvalue weighted by atomic mass is 19.2. The monoisotopic (exact) mass is 737 g/mol. The molecule has 2 aliphatic rings. The molecule has 0 bridgehead atoms. The molecule has 2 aliphatic heterocycles. The molecular weight excluding hydrogens is 700 g/mol. The summed E-state index contributed by atoms with van der Waals surface area (Å²) in [5, 5.41) is 43.5. The number of halogens is 2. The maximum absolute atomic E-state index is 14.1. The lowest BCUT2D eigenvalue weighted by molar-refractivity contribution is -0.165. The number of ether oxygens (including phenoxy) is 2. The van der Waals surface area contributed by atoms with E-state index in [0.717, 1.165) is 70.1 Å². The van der Waals surface area contributed by atoms with Crippen LogP contribution in [0.15, 0.2) is 54.4 Å². The van der Waals surface area contributed by atoms with Crippen molar-refractivity contribution in [2.75, 3.05) is 40.4 Å². The number of hydrogen-bond acceptors (Lipinski definition) is 13. The molecule has 4 rings (SSSR count). The van der Waals surface area contributed by atoms with Crippen LogP contribution in [0.25, 0.3) is 0 Å². The third-order valence-corrected chi connectivity index (χ3v) is 8.04. The number of esters is 1. The topological polar surface area (TPSA) is 248 Å². The SMILES string of the molecule is COC(=O)C1=CC(c2ccc(F)c(F)c2)N(C(=O)N(O)CCCN2CCC(c3ccccn3)CC2)C(=O)N1C(=O)OC.O=C(O)C(O)C(O)C(=O)O. The summed E-state index contributed by atoms with van der Waals surface area (Å²) in [6, 6.07) is 4.35. The molecular formula is C32H37F2N5O13. The van der Waals surface area contributed by atoms with Gasteiger partial charge in [0.1, 0.15) is 5.70 Å². The van der Waals surface area contributed by atoms with Gasteiger partial charge < -0.3 is 34.8 Å². The first-order valence-corrected chi connectivity index (χ1v) is 15.5. The van der Waals surface area contributed by atoms with E-state index in [4.69, 9.17) is 20.4 Å². The van der Waals surface area contributed by atoms with Crippen molar-refractivity contribution in [1.82, 2.24) is 24.7 Å². The number of methoxy groups -OCH3 is 2. The number of carboxylic acid groups (broad SMARTS) is 2. The second kappa shape index (κ2) is 18.6. The number of aromatic nitrogens is 1. The van der Waals surface area contributed by atoms with E-state index in [2.05, 4.69) is 19.4 Å². The summed E-state index contributed by atoms with van der Waals surface area (Å²) in [5.74, 6) is -6.76. The lowest BCUT2D eigenvalue weighted by Gasteiger charge is -2.38. The highest BCUT2D eigenvalue weighted by Gasteiger charge is 2.46. The molecule has 3 atom stereocenters. The molecule has 1 aromatic carbocycles. The summed E-state index contributed by atoms with van der Waals surface area (Å²) >= 11 is 0. The predicted octanol–water partition coefficient (Wildman–Crippen LogP) is 1.92. The summed E-state index contributed by atoms with van der Waals surface area (Å²) in [6.07, 6.45) is -0.904. The normalized spacial score (nSPS) is 17.6. The van der Waals surface area contributed by atoms with Gasteiger partial charge in [0.2, 0.25) is 0 Å². The van der Waals surface area contributed by atoms with Crippen molar-refractivity contribution in [2.45, 2.75) is 43.4 Å².